The molecule has 0 bridgehead atoms. The summed E-state index contributed by atoms with van der Waals surface area (Å²) in [5.74, 6) is -1.27. The number of halogens is 4. The molecule has 1 saturated heterocycles. The van der Waals surface area contributed by atoms with Crippen LogP contribution in [0.25, 0.3) is 0 Å². The Hall–Kier alpha value is -1.38. The van der Waals surface area contributed by atoms with Gasteiger partial charge in [-0.1, -0.05) is 6.07 Å². The van der Waals surface area contributed by atoms with Crippen LogP contribution in [0, 0.1) is 5.82 Å². The number of hydrogen-bond acceptors (Lipinski definition) is 4. The molecule has 1 heterocycles. The molecule has 0 unspecified atom stereocenters. The van der Waals surface area contributed by atoms with Crippen LogP contribution in [0.1, 0.15) is 12.0 Å². The monoisotopic (exact) mass is 337 g/mol. The number of methoxy groups -OCH3 is 1. The van der Waals surface area contributed by atoms with Gasteiger partial charge in [-0.3, -0.25) is 4.90 Å². The van der Waals surface area contributed by atoms with Gasteiger partial charge >= 0.3 is 6.18 Å². The number of likely N-dealkylation sites (tertiary alicyclic amines) is 1. The van der Waals surface area contributed by atoms with Gasteiger partial charge in [0.05, 0.1) is 12.7 Å². The second-order valence-electron chi connectivity index (χ2n) is 5.53. The first-order valence-electron chi connectivity index (χ1n) is 7.18. The fourth-order valence-corrected chi connectivity index (χ4v) is 2.65. The summed E-state index contributed by atoms with van der Waals surface area (Å²) in [4.78, 5) is 1.96. The standard InChI is InChI=1S/C15H19F4NO3/c1-22-12-5-11(8-21)20(7-12)6-10-2-3-14(13(16)4-10)23-9-15(17,18)19/h2-4,11-12,21H,5-9H2,1H3/t11-,12+/m0/s1. The van der Waals surface area contributed by atoms with Crippen molar-refractivity contribution in [3.8, 4) is 5.75 Å². The second-order valence-corrected chi connectivity index (χ2v) is 5.53. The maximum absolute atomic E-state index is 13.8. The Kier molecular flexibility index (Phi) is 5.83. The van der Waals surface area contributed by atoms with E-state index in [1.165, 1.54) is 12.1 Å². The van der Waals surface area contributed by atoms with Crippen LogP contribution in [0.15, 0.2) is 18.2 Å². The molecule has 1 aromatic rings. The molecule has 0 spiro atoms. The number of alkyl halides is 3. The number of aliphatic hydroxyl groups excluding tert-OH is 1. The van der Waals surface area contributed by atoms with Gasteiger partial charge < -0.3 is 14.6 Å². The Morgan fingerprint density at radius 1 is 1.35 bits per heavy atom. The van der Waals surface area contributed by atoms with Crippen LogP contribution in [-0.2, 0) is 11.3 Å². The third kappa shape index (κ3) is 5.05. The molecule has 4 nitrogen and oxygen atoms in total. The van der Waals surface area contributed by atoms with Crippen LogP contribution < -0.4 is 4.74 Å². The number of rotatable bonds is 6. The SMILES string of the molecule is CO[C@@H]1C[C@@H](CO)N(Cc2ccc(OCC(F)(F)F)c(F)c2)C1. The summed E-state index contributed by atoms with van der Waals surface area (Å²) in [5.41, 5.74) is 0.595. The van der Waals surface area contributed by atoms with Crippen molar-refractivity contribution < 1.29 is 32.1 Å². The van der Waals surface area contributed by atoms with E-state index >= 15 is 0 Å². The van der Waals surface area contributed by atoms with Crippen molar-refractivity contribution in [1.29, 1.82) is 0 Å². The highest BCUT2D eigenvalue weighted by atomic mass is 19.4. The highest BCUT2D eigenvalue weighted by Crippen LogP contribution is 2.25. The van der Waals surface area contributed by atoms with E-state index in [1.54, 1.807) is 7.11 Å². The van der Waals surface area contributed by atoms with Crippen molar-refractivity contribution in [2.75, 3.05) is 26.9 Å². The zero-order chi connectivity index (χ0) is 17.0. The Bertz CT molecular complexity index is 524. The molecule has 2 atom stereocenters. The van der Waals surface area contributed by atoms with Gasteiger partial charge in [-0.25, -0.2) is 4.39 Å². The summed E-state index contributed by atoms with van der Waals surface area (Å²) >= 11 is 0. The number of hydrogen-bond donors (Lipinski definition) is 1. The van der Waals surface area contributed by atoms with E-state index < -0.39 is 24.3 Å². The Morgan fingerprint density at radius 3 is 2.65 bits per heavy atom. The van der Waals surface area contributed by atoms with Crippen molar-refractivity contribution in [3.63, 3.8) is 0 Å². The van der Waals surface area contributed by atoms with Crippen LogP contribution in [0.2, 0.25) is 0 Å². The number of aliphatic hydroxyl groups is 1. The average molecular weight is 337 g/mol. The summed E-state index contributed by atoms with van der Waals surface area (Å²) in [6.07, 6.45) is -3.82. The van der Waals surface area contributed by atoms with Crippen molar-refractivity contribution in [2.45, 2.75) is 31.3 Å². The third-order valence-electron chi connectivity index (χ3n) is 3.81. The molecule has 0 amide bonds. The summed E-state index contributed by atoms with van der Waals surface area (Å²) in [6.45, 7) is -0.580. The fraction of sp³-hybridized carbons (Fsp3) is 0.600. The molecule has 8 heteroatoms. The van der Waals surface area contributed by atoms with Gasteiger partial charge in [0.2, 0.25) is 0 Å². The molecule has 0 saturated carbocycles. The first-order chi connectivity index (χ1) is 10.8. The van der Waals surface area contributed by atoms with Crippen molar-refractivity contribution in [2.24, 2.45) is 0 Å². The van der Waals surface area contributed by atoms with Crippen LogP contribution in [-0.4, -0.2) is 55.2 Å². The molecule has 1 fully saturated rings. The zero-order valence-electron chi connectivity index (χ0n) is 12.6. The highest BCUT2D eigenvalue weighted by molar-refractivity contribution is 5.29. The van der Waals surface area contributed by atoms with E-state index in [4.69, 9.17) is 4.74 Å². The molecule has 0 radical (unpaired) electrons. The Labute approximate surface area is 131 Å². The molecular weight excluding hydrogens is 318 g/mol. The van der Waals surface area contributed by atoms with Crippen molar-refractivity contribution >= 4 is 0 Å². The minimum atomic E-state index is -4.51. The number of ether oxygens (including phenoxy) is 2. The minimum Gasteiger partial charge on any atom is -0.481 e. The Balaban J connectivity index is 2.00. The van der Waals surface area contributed by atoms with E-state index in [0.29, 0.717) is 25.1 Å². The second kappa shape index (κ2) is 7.46. The van der Waals surface area contributed by atoms with Gasteiger partial charge in [-0.2, -0.15) is 13.2 Å². The molecule has 0 aliphatic carbocycles. The maximum atomic E-state index is 13.8. The summed E-state index contributed by atoms with van der Waals surface area (Å²) in [6, 6.07) is 3.78. The number of nitrogens with zero attached hydrogens (tertiary/aromatic N) is 1. The smallest absolute Gasteiger partial charge is 0.422 e. The van der Waals surface area contributed by atoms with Crippen molar-refractivity contribution in [1.82, 2.24) is 4.90 Å². The van der Waals surface area contributed by atoms with E-state index in [9.17, 15) is 22.7 Å². The van der Waals surface area contributed by atoms with E-state index in [1.807, 2.05) is 4.90 Å². The Morgan fingerprint density at radius 2 is 2.09 bits per heavy atom. The zero-order valence-corrected chi connectivity index (χ0v) is 12.6. The lowest BCUT2D eigenvalue weighted by atomic mass is 10.1. The van der Waals surface area contributed by atoms with Crippen LogP contribution in [0.5, 0.6) is 5.75 Å². The average Bonchev–Trinajstić information content (AvgIpc) is 2.87. The summed E-state index contributed by atoms with van der Waals surface area (Å²) in [7, 11) is 1.59. The van der Waals surface area contributed by atoms with Gasteiger partial charge in [-0.05, 0) is 24.1 Å². The van der Waals surface area contributed by atoms with Gasteiger partial charge in [-0.15, -0.1) is 0 Å². The van der Waals surface area contributed by atoms with Crippen molar-refractivity contribution in [3.05, 3.63) is 29.6 Å². The predicted molar refractivity (Wildman–Crippen MR) is 74.6 cm³/mol. The first-order valence-corrected chi connectivity index (χ1v) is 7.18. The topological polar surface area (TPSA) is 41.9 Å². The molecule has 1 N–H and O–H groups in total. The molecular formula is C15H19F4NO3. The summed E-state index contributed by atoms with van der Waals surface area (Å²) < 4.78 is 59.8. The lowest BCUT2D eigenvalue weighted by Gasteiger charge is -2.22. The minimum absolute atomic E-state index is 0.00592. The van der Waals surface area contributed by atoms with E-state index in [2.05, 4.69) is 4.74 Å². The predicted octanol–water partition coefficient (Wildman–Crippen LogP) is 2.35. The maximum Gasteiger partial charge on any atom is 0.422 e. The van der Waals surface area contributed by atoms with Crippen LogP contribution >= 0.6 is 0 Å². The molecule has 1 aliphatic heterocycles. The summed E-state index contributed by atoms with van der Waals surface area (Å²) in [5, 5.41) is 9.37. The van der Waals surface area contributed by atoms with E-state index in [0.717, 1.165) is 6.07 Å². The van der Waals surface area contributed by atoms with Gasteiger partial charge in [0.15, 0.2) is 18.2 Å². The van der Waals surface area contributed by atoms with E-state index in [-0.39, 0.29) is 18.8 Å². The number of benzene rings is 1. The van der Waals surface area contributed by atoms with Crippen LogP contribution in [0.4, 0.5) is 17.6 Å². The molecule has 130 valence electrons. The molecule has 2 rings (SSSR count). The van der Waals surface area contributed by atoms with Gasteiger partial charge in [0, 0.05) is 26.2 Å². The molecule has 23 heavy (non-hydrogen) atoms. The highest BCUT2D eigenvalue weighted by Gasteiger charge is 2.32. The normalized spacial score (nSPS) is 22.5. The van der Waals surface area contributed by atoms with Gasteiger partial charge in [0.1, 0.15) is 0 Å². The fourth-order valence-electron chi connectivity index (χ4n) is 2.65. The largest absolute Gasteiger partial charge is 0.481 e. The first kappa shape index (κ1) is 18.0. The molecule has 1 aliphatic rings. The molecule has 0 aromatic heterocycles. The lowest BCUT2D eigenvalue weighted by molar-refractivity contribution is -0.153. The quantitative estimate of drug-likeness (QED) is 0.809. The van der Waals surface area contributed by atoms with Crippen LogP contribution in [0.3, 0.4) is 0 Å². The lowest BCUT2D eigenvalue weighted by Crippen LogP contribution is -2.32. The van der Waals surface area contributed by atoms with Gasteiger partial charge in [0.25, 0.3) is 0 Å². The third-order valence-corrected chi connectivity index (χ3v) is 3.81. The molecule has 1 aromatic carbocycles.